The molecule has 2 aromatic heterocycles. The molecule has 41 heavy (non-hydrogen) atoms. The van der Waals surface area contributed by atoms with Gasteiger partial charge in [-0.3, -0.25) is 18.7 Å². The van der Waals surface area contributed by atoms with Gasteiger partial charge >= 0.3 is 11.9 Å². The summed E-state index contributed by atoms with van der Waals surface area (Å²) >= 11 is 0. The standard InChI is InChI=1S/C15H13F2NO3.C15H15NO4/c1-2-21-15(20)11-8-9-12(13(16)17)18(14(11)19)10-6-4-3-5-7-10;1-2-20-15(19)13-9-8-12(10-17)16(14(13)18)11-6-4-3-5-7-11/h3-9,13H,2H2,1H3;3-9,17H,2,10H2,1H3. The van der Waals surface area contributed by atoms with Crippen LogP contribution in [0.3, 0.4) is 0 Å². The molecule has 0 aliphatic carbocycles. The Hall–Kier alpha value is -4.90. The van der Waals surface area contributed by atoms with E-state index in [1.807, 2.05) is 6.07 Å². The highest BCUT2D eigenvalue weighted by atomic mass is 19.3. The molecule has 9 nitrogen and oxygen atoms in total. The summed E-state index contributed by atoms with van der Waals surface area (Å²) in [6.07, 6.45) is -2.84. The Bertz CT molecular complexity index is 1600. The summed E-state index contributed by atoms with van der Waals surface area (Å²) in [5.74, 6) is -1.49. The number of ether oxygens (including phenoxy) is 2. The maximum Gasteiger partial charge on any atom is 0.343 e. The van der Waals surface area contributed by atoms with E-state index < -0.39 is 35.2 Å². The van der Waals surface area contributed by atoms with Gasteiger partial charge in [-0.25, -0.2) is 18.4 Å². The third-order valence-corrected chi connectivity index (χ3v) is 5.68. The highest BCUT2D eigenvalue weighted by molar-refractivity contribution is 5.89. The van der Waals surface area contributed by atoms with Crippen molar-refractivity contribution >= 4 is 11.9 Å². The first-order valence-electron chi connectivity index (χ1n) is 12.6. The van der Waals surface area contributed by atoms with E-state index in [0.717, 1.165) is 16.7 Å². The van der Waals surface area contributed by atoms with E-state index in [1.165, 1.54) is 22.8 Å². The Labute approximate surface area is 233 Å². The van der Waals surface area contributed by atoms with Gasteiger partial charge in [-0.1, -0.05) is 36.4 Å². The van der Waals surface area contributed by atoms with Gasteiger partial charge in [0.1, 0.15) is 11.1 Å². The lowest BCUT2D eigenvalue weighted by molar-refractivity contribution is 0.0514. The number of halogens is 2. The molecule has 4 rings (SSSR count). The lowest BCUT2D eigenvalue weighted by Crippen LogP contribution is -2.28. The van der Waals surface area contributed by atoms with Crippen molar-refractivity contribution in [3.8, 4) is 11.4 Å². The highest BCUT2D eigenvalue weighted by Gasteiger charge is 2.21. The minimum absolute atomic E-state index is 0.0482. The van der Waals surface area contributed by atoms with Crippen LogP contribution < -0.4 is 11.1 Å². The number of aliphatic hydroxyl groups is 1. The summed E-state index contributed by atoms with van der Waals surface area (Å²) in [6.45, 7) is 3.27. The fraction of sp³-hybridized carbons (Fsp3) is 0.200. The summed E-state index contributed by atoms with van der Waals surface area (Å²) in [5.41, 5.74) is -0.846. The summed E-state index contributed by atoms with van der Waals surface area (Å²) < 4.78 is 38.0. The number of rotatable bonds is 8. The number of esters is 2. The molecule has 0 bridgehead atoms. The number of para-hydroxylation sites is 2. The molecule has 0 saturated carbocycles. The first-order valence-corrected chi connectivity index (χ1v) is 12.6. The Morgan fingerprint density at radius 1 is 0.707 bits per heavy atom. The van der Waals surface area contributed by atoms with Crippen LogP contribution in [0.2, 0.25) is 0 Å². The van der Waals surface area contributed by atoms with Gasteiger partial charge in [0.25, 0.3) is 17.5 Å². The third-order valence-electron chi connectivity index (χ3n) is 5.68. The number of pyridine rings is 2. The van der Waals surface area contributed by atoms with Crippen molar-refractivity contribution in [1.82, 2.24) is 9.13 Å². The molecule has 0 fully saturated rings. The van der Waals surface area contributed by atoms with Gasteiger partial charge in [0.05, 0.1) is 31.2 Å². The minimum Gasteiger partial charge on any atom is -0.462 e. The van der Waals surface area contributed by atoms with Crippen molar-refractivity contribution in [3.05, 3.63) is 128 Å². The van der Waals surface area contributed by atoms with Gasteiger partial charge in [0, 0.05) is 11.4 Å². The van der Waals surface area contributed by atoms with Gasteiger partial charge in [-0.2, -0.15) is 0 Å². The van der Waals surface area contributed by atoms with E-state index in [4.69, 9.17) is 9.47 Å². The topological polar surface area (TPSA) is 117 Å². The molecule has 2 heterocycles. The molecular weight excluding hydrogens is 538 g/mol. The van der Waals surface area contributed by atoms with Crippen molar-refractivity contribution in [1.29, 1.82) is 0 Å². The van der Waals surface area contributed by atoms with Crippen LogP contribution in [0.4, 0.5) is 8.78 Å². The predicted octanol–water partition coefficient (Wildman–Crippen LogP) is 4.46. The molecule has 0 amide bonds. The van der Waals surface area contributed by atoms with Crippen molar-refractivity contribution in [2.75, 3.05) is 13.2 Å². The molecule has 2 aromatic carbocycles. The molecule has 0 atom stereocenters. The van der Waals surface area contributed by atoms with Crippen LogP contribution in [-0.4, -0.2) is 39.4 Å². The number of aliphatic hydroxyl groups excluding tert-OH is 1. The summed E-state index contributed by atoms with van der Waals surface area (Å²) in [4.78, 5) is 48.2. The third kappa shape index (κ3) is 7.20. The van der Waals surface area contributed by atoms with Crippen LogP contribution in [-0.2, 0) is 16.1 Å². The van der Waals surface area contributed by atoms with Crippen molar-refractivity contribution in [2.24, 2.45) is 0 Å². The Morgan fingerprint density at radius 2 is 1.15 bits per heavy atom. The lowest BCUT2D eigenvalue weighted by Gasteiger charge is -2.13. The van der Waals surface area contributed by atoms with Crippen LogP contribution in [0.5, 0.6) is 0 Å². The molecule has 0 spiro atoms. The van der Waals surface area contributed by atoms with E-state index in [1.54, 1.807) is 62.4 Å². The number of alkyl halides is 2. The van der Waals surface area contributed by atoms with Crippen LogP contribution in [0, 0.1) is 0 Å². The lowest BCUT2D eigenvalue weighted by atomic mass is 10.2. The maximum atomic E-state index is 13.1. The van der Waals surface area contributed by atoms with Crippen LogP contribution in [0.25, 0.3) is 11.4 Å². The average Bonchev–Trinajstić information content (AvgIpc) is 2.98. The first kappa shape index (κ1) is 30.6. The average molecular weight is 567 g/mol. The molecule has 0 radical (unpaired) electrons. The Kier molecular flexibility index (Phi) is 10.8. The SMILES string of the molecule is CCOC(=O)c1ccc(C(F)F)n(-c2ccccc2)c1=O.CCOC(=O)c1ccc(CO)n(-c2ccccc2)c1=O. The van der Waals surface area contributed by atoms with Crippen LogP contribution in [0.15, 0.2) is 94.5 Å². The first-order chi connectivity index (χ1) is 19.7. The second-order valence-corrected chi connectivity index (χ2v) is 8.26. The molecule has 1 N–H and O–H groups in total. The molecule has 0 unspecified atom stereocenters. The summed E-state index contributed by atoms with van der Waals surface area (Å²) in [5, 5.41) is 9.36. The zero-order valence-electron chi connectivity index (χ0n) is 22.3. The number of carbonyl (C=O) groups excluding carboxylic acids is 2. The number of carbonyl (C=O) groups is 2. The number of hydrogen-bond donors (Lipinski definition) is 1. The van der Waals surface area contributed by atoms with Crippen LogP contribution in [0.1, 0.15) is 52.4 Å². The zero-order valence-corrected chi connectivity index (χ0v) is 22.3. The van der Waals surface area contributed by atoms with Gasteiger partial charge < -0.3 is 14.6 Å². The van der Waals surface area contributed by atoms with Crippen LogP contribution >= 0.6 is 0 Å². The number of aromatic nitrogens is 2. The number of hydrogen-bond acceptors (Lipinski definition) is 7. The molecular formula is C30H28F2N2O7. The predicted molar refractivity (Wildman–Crippen MR) is 147 cm³/mol. The van der Waals surface area contributed by atoms with Gasteiger partial charge in [0.2, 0.25) is 0 Å². The molecule has 0 aliphatic rings. The van der Waals surface area contributed by atoms with E-state index in [-0.39, 0.29) is 36.6 Å². The second-order valence-electron chi connectivity index (χ2n) is 8.26. The molecule has 214 valence electrons. The zero-order chi connectivity index (χ0) is 29.9. The monoisotopic (exact) mass is 566 g/mol. The van der Waals surface area contributed by atoms with Gasteiger partial charge in [-0.15, -0.1) is 0 Å². The number of benzene rings is 2. The molecule has 0 aliphatic heterocycles. The largest absolute Gasteiger partial charge is 0.462 e. The number of nitrogens with zero attached hydrogens (tertiary/aromatic N) is 2. The van der Waals surface area contributed by atoms with E-state index >= 15 is 0 Å². The highest BCUT2D eigenvalue weighted by Crippen LogP contribution is 2.21. The van der Waals surface area contributed by atoms with E-state index in [9.17, 15) is 33.1 Å². The smallest absolute Gasteiger partial charge is 0.343 e. The van der Waals surface area contributed by atoms with Crippen molar-refractivity contribution < 1.29 is 33.0 Å². The molecule has 4 aromatic rings. The quantitative estimate of drug-likeness (QED) is 0.313. The van der Waals surface area contributed by atoms with Gasteiger partial charge in [0.15, 0.2) is 0 Å². The fourth-order valence-electron chi connectivity index (χ4n) is 3.85. The van der Waals surface area contributed by atoms with Crippen molar-refractivity contribution in [3.63, 3.8) is 0 Å². The summed E-state index contributed by atoms with van der Waals surface area (Å²) in [7, 11) is 0. The van der Waals surface area contributed by atoms with E-state index in [2.05, 4.69) is 0 Å². The minimum atomic E-state index is -2.84. The maximum absolute atomic E-state index is 13.1. The Balaban J connectivity index is 0.000000226. The molecule has 11 heteroatoms. The van der Waals surface area contributed by atoms with Crippen molar-refractivity contribution in [2.45, 2.75) is 26.9 Å². The van der Waals surface area contributed by atoms with Gasteiger partial charge in [-0.05, 0) is 62.4 Å². The normalized spacial score (nSPS) is 10.5. The van der Waals surface area contributed by atoms with E-state index in [0.29, 0.717) is 11.4 Å². The summed E-state index contributed by atoms with van der Waals surface area (Å²) in [6, 6.07) is 21.9. The fourth-order valence-corrected chi connectivity index (χ4v) is 3.85. The second kappa shape index (κ2) is 14.5. The molecule has 0 saturated heterocycles. The Morgan fingerprint density at radius 3 is 1.59 bits per heavy atom.